The van der Waals surface area contributed by atoms with Crippen LogP contribution in [0.2, 0.25) is 0 Å². The van der Waals surface area contributed by atoms with Crippen LogP contribution in [0.25, 0.3) is 10.9 Å². The summed E-state index contributed by atoms with van der Waals surface area (Å²) in [6, 6.07) is 7.50. The Hall–Kier alpha value is -1.90. The first-order valence-corrected chi connectivity index (χ1v) is 10.3. The molecule has 8 heteroatoms. The first-order chi connectivity index (χ1) is 12.4. The third kappa shape index (κ3) is 3.24. The van der Waals surface area contributed by atoms with Gasteiger partial charge in [0, 0.05) is 49.8 Å². The maximum atomic E-state index is 13.4. The van der Waals surface area contributed by atoms with Gasteiger partial charge in [-0.2, -0.15) is 4.31 Å². The van der Waals surface area contributed by atoms with Crippen LogP contribution in [0.3, 0.4) is 0 Å². The van der Waals surface area contributed by atoms with Gasteiger partial charge in [-0.3, -0.25) is 4.79 Å². The molecule has 1 aromatic carbocycles. The zero-order chi connectivity index (χ0) is 18.9. The number of sulfonamides is 1. The third-order valence-corrected chi connectivity index (χ3v) is 7.18. The normalized spacial score (nSPS) is 19.0. The zero-order valence-electron chi connectivity index (χ0n) is 15.2. The van der Waals surface area contributed by atoms with E-state index in [0.717, 1.165) is 10.9 Å². The van der Waals surface area contributed by atoms with Crippen molar-refractivity contribution in [2.24, 2.45) is 18.7 Å². The lowest BCUT2D eigenvalue weighted by atomic mass is 9.99. The van der Waals surface area contributed by atoms with E-state index in [9.17, 15) is 13.2 Å². The molecule has 142 valence electrons. The van der Waals surface area contributed by atoms with E-state index in [1.807, 2.05) is 42.8 Å². The molecule has 0 bridgehead atoms. The number of aromatic nitrogens is 1. The van der Waals surface area contributed by atoms with Crippen molar-refractivity contribution in [3.63, 3.8) is 0 Å². The van der Waals surface area contributed by atoms with Crippen molar-refractivity contribution in [2.45, 2.75) is 24.7 Å². The van der Waals surface area contributed by atoms with E-state index in [4.69, 9.17) is 5.73 Å². The molecule has 1 unspecified atom stereocenters. The Morgan fingerprint density at radius 3 is 2.81 bits per heavy atom. The van der Waals surface area contributed by atoms with Crippen LogP contribution >= 0.6 is 0 Å². The quantitative estimate of drug-likeness (QED) is 0.810. The van der Waals surface area contributed by atoms with E-state index in [-0.39, 0.29) is 18.4 Å². The maximum absolute atomic E-state index is 13.4. The largest absolute Gasteiger partial charge is 0.355 e. The molecule has 0 saturated carbocycles. The number of carbonyl (C=O) groups excluding carboxylic acids is 1. The van der Waals surface area contributed by atoms with Gasteiger partial charge in [0.1, 0.15) is 4.90 Å². The predicted molar refractivity (Wildman–Crippen MR) is 101 cm³/mol. The number of nitrogens with two attached hydrogens (primary N) is 1. The van der Waals surface area contributed by atoms with Crippen LogP contribution in [0.1, 0.15) is 18.5 Å². The number of fused-ring (bicyclic) bond motifs is 1. The van der Waals surface area contributed by atoms with Crippen LogP contribution in [-0.4, -0.2) is 49.4 Å². The second-order valence-corrected chi connectivity index (χ2v) is 8.65. The zero-order valence-corrected chi connectivity index (χ0v) is 16.1. The van der Waals surface area contributed by atoms with Gasteiger partial charge in [0.25, 0.3) is 0 Å². The summed E-state index contributed by atoms with van der Waals surface area (Å²) in [5.41, 5.74) is 7.02. The first kappa shape index (κ1) is 18.9. The molecule has 1 atom stereocenters. The first-order valence-electron chi connectivity index (χ1n) is 8.90. The number of hydrogen-bond donors (Lipinski definition) is 2. The van der Waals surface area contributed by atoms with Crippen LogP contribution in [-0.2, 0) is 21.9 Å². The second-order valence-electron chi connectivity index (χ2n) is 6.77. The highest BCUT2D eigenvalue weighted by Crippen LogP contribution is 2.33. The molecule has 1 fully saturated rings. The molecule has 1 amide bonds. The maximum Gasteiger partial charge on any atom is 0.245 e. The van der Waals surface area contributed by atoms with Gasteiger partial charge in [-0.05, 0) is 25.8 Å². The lowest BCUT2D eigenvalue weighted by molar-refractivity contribution is -0.126. The van der Waals surface area contributed by atoms with E-state index in [1.165, 1.54) is 4.31 Å². The monoisotopic (exact) mass is 378 g/mol. The Morgan fingerprint density at radius 2 is 2.08 bits per heavy atom. The number of rotatable bonds is 5. The fraction of sp³-hybridized carbons (Fsp3) is 0.500. The van der Waals surface area contributed by atoms with Crippen molar-refractivity contribution < 1.29 is 13.2 Å². The molecule has 26 heavy (non-hydrogen) atoms. The van der Waals surface area contributed by atoms with Crippen molar-refractivity contribution in [1.82, 2.24) is 14.2 Å². The van der Waals surface area contributed by atoms with Gasteiger partial charge < -0.3 is 15.6 Å². The third-order valence-electron chi connectivity index (χ3n) is 5.14. The lowest BCUT2D eigenvalue weighted by Gasteiger charge is -2.31. The Labute approximate surface area is 154 Å². The Bertz CT molecular complexity index is 920. The minimum Gasteiger partial charge on any atom is -0.355 e. The molecule has 1 aromatic heterocycles. The summed E-state index contributed by atoms with van der Waals surface area (Å²) in [5, 5.41) is 3.49. The van der Waals surface area contributed by atoms with Crippen LogP contribution < -0.4 is 11.1 Å². The minimum atomic E-state index is -3.68. The molecule has 0 aliphatic carbocycles. The van der Waals surface area contributed by atoms with Crippen molar-refractivity contribution >= 4 is 26.8 Å². The highest BCUT2D eigenvalue weighted by molar-refractivity contribution is 7.89. The van der Waals surface area contributed by atoms with Gasteiger partial charge in [0.2, 0.25) is 15.9 Å². The SMILES string of the molecule is Cc1c(S(=O)(=O)N2CCCC(C(=O)NCCN)C2)c2ccccc2n1C. The lowest BCUT2D eigenvalue weighted by Crippen LogP contribution is -2.46. The number of piperidine rings is 1. The number of para-hydroxylation sites is 1. The highest BCUT2D eigenvalue weighted by Gasteiger charge is 2.35. The summed E-state index contributed by atoms with van der Waals surface area (Å²) in [7, 11) is -1.81. The Kier molecular flexibility index (Phi) is 5.36. The van der Waals surface area contributed by atoms with Gasteiger partial charge in [-0.25, -0.2) is 8.42 Å². The molecule has 7 nitrogen and oxygen atoms in total. The number of amides is 1. The van der Waals surface area contributed by atoms with Gasteiger partial charge in [-0.15, -0.1) is 0 Å². The van der Waals surface area contributed by atoms with Crippen molar-refractivity contribution in [2.75, 3.05) is 26.2 Å². The summed E-state index contributed by atoms with van der Waals surface area (Å²) >= 11 is 0. The molecular weight excluding hydrogens is 352 g/mol. The molecule has 1 aliphatic rings. The van der Waals surface area contributed by atoms with Crippen LogP contribution in [0.5, 0.6) is 0 Å². The summed E-state index contributed by atoms with van der Waals surface area (Å²) in [6.45, 7) is 3.25. The smallest absolute Gasteiger partial charge is 0.245 e. The second kappa shape index (κ2) is 7.38. The molecule has 3 rings (SSSR count). The predicted octanol–water partition coefficient (Wildman–Crippen LogP) is 0.962. The molecule has 0 spiro atoms. The van der Waals surface area contributed by atoms with Crippen molar-refractivity contribution in [3.8, 4) is 0 Å². The van der Waals surface area contributed by atoms with E-state index >= 15 is 0 Å². The van der Waals surface area contributed by atoms with E-state index < -0.39 is 10.0 Å². The number of hydrogen-bond acceptors (Lipinski definition) is 4. The number of benzene rings is 1. The minimum absolute atomic E-state index is 0.120. The number of carbonyl (C=O) groups is 1. The number of nitrogens with one attached hydrogen (secondary N) is 1. The molecule has 2 heterocycles. The molecular formula is C18H26N4O3S. The van der Waals surface area contributed by atoms with Gasteiger partial charge >= 0.3 is 0 Å². The molecule has 0 radical (unpaired) electrons. The van der Waals surface area contributed by atoms with Crippen LogP contribution in [0, 0.1) is 12.8 Å². The summed E-state index contributed by atoms with van der Waals surface area (Å²) in [5.74, 6) is -0.453. The fourth-order valence-electron chi connectivity index (χ4n) is 3.66. The summed E-state index contributed by atoms with van der Waals surface area (Å²) in [4.78, 5) is 12.6. The van der Waals surface area contributed by atoms with Crippen molar-refractivity contribution in [1.29, 1.82) is 0 Å². The van der Waals surface area contributed by atoms with Crippen LogP contribution in [0.15, 0.2) is 29.2 Å². The number of nitrogens with zero attached hydrogens (tertiary/aromatic N) is 2. The van der Waals surface area contributed by atoms with E-state index in [1.54, 1.807) is 0 Å². The Morgan fingerprint density at radius 1 is 1.35 bits per heavy atom. The van der Waals surface area contributed by atoms with Gasteiger partial charge in [0.05, 0.1) is 5.92 Å². The fourth-order valence-corrected chi connectivity index (χ4v) is 5.62. The standard InChI is InChI=1S/C18H26N4O3S/c1-13-17(15-7-3-4-8-16(15)21(13)2)26(24,25)22-11-5-6-14(12-22)18(23)20-10-9-19/h3-4,7-8,14H,5-6,9-12,19H2,1-2H3,(H,20,23). The summed E-state index contributed by atoms with van der Waals surface area (Å²) < 4.78 is 30.1. The molecule has 2 aromatic rings. The topological polar surface area (TPSA) is 97.4 Å². The highest BCUT2D eigenvalue weighted by atomic mass is 32.2. The van der Waals surface area contributed by atoms with Crippen molar-refractivity contribution in [3.05, 3.63) is 30.0 Å². The van der Waals surface area contributed by atoms with E-state index in [2.05, 4.69) is 5.32 Å². The molecule has 1 saturated heterocycles. The van der Waals surface area contributed by atoms with Gasteiger partial charge in [-0.1, -0.05) is 18.2 Å². The average Bonchev–Trinajstić information content (AvgIpc) is 2.91. The van der Waals surface area contributed by atoms with Crippen LogP contribution in [0.4, 0.5) is 0 Å². The molecule has 3 N–H and O–H groups in total. The average molecular weight is 378 g/mol. The summed E-state index contributed by atoms with van der Waals surface area (Å²) in [6.07, 6.45) is 1.36. The Balaban J connectivity index is 1.94. The van der Waals surface area contributed by atoms with E-state index in [0.29, 0.717) is 43.1 Å². The number of aryl methyl sites for hydroxylation is 1. The molecule has 1 aliphatic heterocycles. The van der Waals surface area contributed by atoms with Gasteiger partial charge in [0.15, 0.2) is 0 Å².